The molecule has 0 saturated carbocycles. The van der Waals surface area contributed by atoms with E-state index in [2.05, 4.69) is 59.4 Å². The van der Waals surface area contributed by atoms with Crippen molar-refractivity contribution in [3.63, 3.8) is 0 Å². The fourth-order valence-electron chi connectivity index (χ4n) is 3.40. The van der Waals surface area contributed by atoms with Crippen molar-refractivity contribution in [2.45, 2.75) is 25.2 Å². The van der Waals surface area contributed by atoms with Crippen molar-refractivity contribution in [3.8, 4) is 0 Å². The van der Waals surface area contributed by atoms with Crippen LogP contribution in [0, 0.1) is 0 Å². The van der Waals surface area contributed by atoms with Gasteiger partial charge in [0.05, 0.1) is 11.0 Å². The van der Waals surface area contributed by atoms with Crippen molar-refractivity contribution in [1.29, 1.82) is 0 Å². The van der Waals surface area contributed by atoms with Crippen LogP contribution in [0.3, 0.4) is 0 Å². The van der Waals surface area contributed by atoms with Gasteiger partial charge in [0.1, 0.15) is 0 Å². The first-order valence-electron chi connectivity index (χ1n) is 7.07. The molecular formula is C18H16N2. The van der Waals surface area contributed by atoms with Gasteiger partial charge in [0.2, 0.25) is 0 Å². The number of hydrogen-bond acceptors (Lipinski definition) is 2. The van der Waals surface area contributed by atoms with Crippen molar-refractivity contribution < 1.29 is 0 Å². The van der Waals surface area contributed by atoms with E-state index in [4.69, 9.17) is 0 Å². The summed E-state index contributed by atoms with van der Waals surface area (Å²) < 4.78 is 0. The summed E-state index contributed by atoms with van der Waals surface area (Å²) >= 11 is 0. The molecule has 0 spiro atoms. The van der Waals surface area contributed by atoms with E-state index in [-0.39, 0.29) is 5.41 Å². The molecule has 1 aromatic heterocycles. The fourth-order valence-corrected chi connectivity index (χ4v) is 3.40. The molecule has 0 bridgehead atoms. The van der Waals surface area contributed by atoms with Gasteiger partial charge in [0.15, 0.2) is 0 Å². The second-order valence-corrected chi connectivity index (χ2v) is 5.75. The van der Waals surface area contributed by atoms with Crippen molar-refractivity contribution in [1.82, 2.24) is 9.97 Å². The Bertz CT molecular complexity index is 794. The molecule has 0 amide bonds. The molecule has 2 nitrogen and oxygen atoms in total. The molecule has 0 N–H and O–H groups in total. The summed E-state index contributed by atoms with van der Waals surface area (Å²) in [7, 11) is 0. The molecule has 98 valence electrons. The third-order valence-electron chi connectivity index (χ3n) is 4.61. The van der Waals surface area contributed by atoms with Crippen LogP contribution in [-0.2, 0) is 11.8 Å². The van der Waals surface area contributed by atoms with Crippen LogP contribution < -0.4 is 0 Å². The lowest BCUT2D eigenvalue weighted by Crippen LogP contribution is -2.19. The maximum absolute atomic E-state index is 4.44. The van der Waals surface area contributed by atoms with Gasteiger partial charge in [-0.15, -0.1) is 0 Å². The average molecular weight is 260 g/mol. The minimum absolute atomic E-state index is 0.0995. The minimum atomic E-state index is 0.0995. The lowest BCUT2D eigenvalue weighted by atomic mass is 9.77. The van der Waals surface area contributed by atoms with Crippen LogP contribution in [0.1, 0.15) is 30.0 Å². The Hall–Kier alpha value is -2.22. The monoisotopic (exact) mass is 260 g/mol. The van der Waals surface area contributed by atoms with E-state index in [1.807, 2.05) is 0 Å². The molecule has 2 aromatic carbocycles. The summed E-state index contributed by atoms with van der Waals surface area (Å²) in [6, 6.07) is 15.3. The van der Waals surface area contributed by atoms with Crippen LogP contribution in [0.25, 0.3) is 11.0 Å². The zero-order valence-electron chi connectivity index (χ0n) is 11.5. The molecule has 1 aliphatic rings. The predicted octanol–water partition coefficient (Wildman–Crippen LogP) is 3.88. The van der Waals surface area contributed by atoms with Crippen LogP contribution in [-0.4, -0.2) is 9.97 Å². The second-order valence-electron chi connectivity index (χ2n) is 5.75. The third kappa shape index (κ3) is 1.58. The molecular weight excluding hydrogens is 244 g/mol. The summed E-state index contributed by atoms with van der Waals surface area (Å²) in [6.45, 7) is 2.34. The quantitative estimate of drug-likeness (QED) is 0.663. The van der Waals surface area contributed by atoms with Crippen LogP contribution in [0.15, 0.2) is 54.9 Å². The molecule has 1 unspecified atom stereocenters. The molecule has 1 heterocycles. The van der Waals surface area contributed by atoms with Gasteiger partial charge in [-0.3, -0.25) is 9.97 Å². The molecule has 0 aliphatic heterocycles. The van der Waals surface area contributed by atoms with Crippen LogP contribution >= 0.6 is 0 Å². The standard InChI is InChI=1S/C18H16N2/c1-18(9-8-13-4-2-3-5-15(13)18)14-6-7-16-17(12-14)20-11-10-19-16/h2-7,10-12H,8-9H2,1H3. The van der Waals surface area contributed by atoms with Gasteiger partial charge >= 0.3 is 0 Å². The van der Waals surface area contributed by atoms with Gasteiger partial charge in [-0.25, -0.2) is 0 Å². The Labute approximate surface area is 118 Å². The Balaban J connectivity index is 1.91. The number of benzene rings is 2. The van der Waals surface area contributed by atoms with Crippen LogP contribution in [0.5, 0.6) is 0 Å². The highest BCUT2D eigenvalue weighted by molar-refractivity contribution is 5.75. The summed E-state index contributed by atoms with van der Waals surface area (Å²) in [4.78, 5) is 8.79. The van der Waals surface area contributed by atoms with Crippen molar-refractivity contribution in [2.24, 2.45) is 0 Å². The van der Waals surface area contributed by atoms with E-state index >= 15 is 0 Å². The highest BCUT2D eigenvalue weighted by Gasteiger charge is 2.35. The number of nitrogens with zero attached hydrogens (tertiary/aromatic N) is 2. The van der Waals surface area contributed by atoms with E-state index in [1.54, 1.807) is 12.4 Å². The maximum Gasteiger partial charge on any atom is 0.0889 e. The number of aryl methyl sites for hydroxylation is 1. The fraction of sp³-hybridized carbons (Fsp3) is 0.222. The molecule has 0 radical (unpaired) electrons. The summed E-state index contributed by atoms with van der Waals surface area (Å²) in [5.41, 5.74) is 6.33. The first kappa shape index (κ1) is 11.6. The lowest BCUT2D eigenvalue weighted by molar-refractivity contribution is 0.567. The Morgan fingerprint density at radius 1 is 0.950 bits per heavy atom. The largest absolute Gasteiger partial charge is 0.253 e. The SMILES string of the molecule is CC1(c2ccc3nccnc3c2)CCc2ccccc21. The number of hydrogen-bond donors (Lipinski definition) is 0. The van der Waals surface area contributed by atoms with E-state index < -0.39 is 0 Å². The Morgan fingerprint density at radius 2 is 1.75 bits per heavy atom. The van der Waals surface area contributed by atoms with E-state index in [0.717, 1.165) is 23.9 Å². The van der Waals surface area contributed by atoms with Crippen molar-refractivity contribution >= 4 is 11.0 Å². The first-order valence-corrected chi connectivity index (χ1v) is 7.07. The molecule has 20 heavy (non-hydrogen) atoms. The van der Waals surface area contributed by atoms with Gasteiger partial charge in [-0.05, 0) is 41.7 Å². The number of aromatic nitrogens is 2. The normalized spacial score (nSPS) is 21.1. The first-order chi connectivity index (χ1) is 9.77. The Morgan fingerprint density at radius 3 is 2.65 bits per heavy atom. The minimum Gasteiger partial charge on any atom is -0.253 e. The average Bonchev–Trinajstić information content (AvgIpc) is 2.86. The second kappa shape index (κ2) is 4.14. The highest BCUT2D eigenvalue weighted by Crippen LogP contribution is 2.43. The summed E-state index contributed by atoms with van der Waals surface area (Å²) in [5, 5.41) is 0. The van der Waals surface area contributed by atoms with Gasteiger partial charge < -0.3 is 0 Å². The molecule has 0 saturated heterocycles. The molecule has 3 aromatic rings. The molecule has 1 atom stereocenters. The topological polar surface area (TPSA) is 25.8 Å². The molecule has 1 aliphatic carbocycles. The summed E-state index contributed by atoms with van der Waals surface area (Å²) in [6.07, 6.45) is 5.83. The predicted molar refractivity (Wildman–Crippen MR) is 80.8 cm³/mol. The van der Waals surface area contributed by atoms with Gasteiger partial charge in [-0.2, -0.15) is 0 Å². The van der Waals surface area contributed by atoms with Crippen LogP contribution in [0.4, 0.5) is 0 Å². The third-order valence-corrected chi connectivity index (χ3v) is 4.61. The van der Waals surface area contributed by atoms with E-state index in [9.17, 15) is 0 Å². The lowest BCUT2D eigenvalue weighted by Gasteiger charge is -2.26. The van der Waals surface area contributed by atoms with Crippen molar-refractivity contribution in [3.05, 3.63) is 71.5 Å². The summed E-state index contributed by atoms with van der Waals surface area (Å²) in [5.74, 6) is 0. The number of fused-ring (bicyclic) bond motifs is 2. The van der Waals surface area contributed by atoms with Crippen LogP contribution in [0.2, 0.25) is 0 Å². The van der Waals surface area contributed by atoms with E-state index in [0.29, 0.717) is 0 Å². The molecule has 0 fully saturated rings. The van der Waals surface area contributed by atoms with Gasteiger partial charge in [0, 0.05) is 17.8 Å². The highest BCUT2D eigenvalue weighted by atomic mass is 14.8. The maximum atomic E-state index is 4.44. The molecule has 2 heteroatoms. The zero-order valence-corrected chi connectivity index (χ0v) is 11.5. The smallest absolute Gasteiger partial charge is 0.0889 e. The number of rotatable bonds is 1. The van der Waals surface area contributed by atoms with E-state index in [1.165, 1.54) is 16.7 Å². The van der Waals surface area contributed by atoms with Gasteiger partial charge in [-0.1, -0.05) is 37.3 Å². The van der Waals surface area contributed by atoms with Gasteiger partial charge in [0.25, 0.3) is 0 Å². The zero-order chi connectivity index (χ0) is 13.6. The Kier molecular flexibility index (Phi) is 2.40. The van der Waals surface area contributed by atoms with Crippen molar-refractivity contribution in [2.75, 3.05) is 0 Å². The molecule has 4 rings (SSSR count).